The van der Waals surface area contributed by atoms with E-state index < -0.39 is 29.7 Å². The van der Waals surface area contributed by atoms with Gasteiger partial charge in [-0.15, -0.1) is 0 Å². The molecule has 0 saturated carbocycles. The van der Waals surface area contributed by atoms with Crippen LogP contribution in [0.25, 0.3) is 0 Å². The van der Waals surface area contributed by atoms with Gasteiger partial charge in [0.05, 0.1) is 11.5 Å². The van der Waals surface area contributed by atoms with Gasteiger partial charge in [-0.3, -0.25) is 10.1 Å². The molecular formula is C9H12F2N4O3. The number of nitrogens with one attached hydrogen (secondary N) is 2. The van der Waals surface area contributed by atoms with Gasteiger partial charge in [-0.2, -0.15) is 0 Å². The van der Waals surface area contributed by atoms with Gasteiger partial charge >= 0.3 is 5.69 Å². The fourth-order valence-electron chi connectivity index (χ4n) is 1.14. The number of hydrogen-bond donors (Lipinski definition) is 3. The van der Waals surface area contributed by atoms with Crippen molar-refractivity contribution in [3.8, 4) is 0 Å². The van der Waals surface area contributed by atoms with E-state index in [1.807, 2.05) is 0 Å². The molecule has 0 fully saturated rings. The third kappa shape index (κ3) is 3.48. The summed E-state index contributed by atoms with van der Waals surface area (Å²) in [5.74, 6) is -3.35. The number of pyridine rings is 1. The first kappa shape index (κ1) is 14.0. The second-order valence-corrected chi connectivity index (χ2v) is 3.44. The molecular weight excluding hydrogens is 250 g/mol. The van der Waals surface area contributed by atoms with Crippen molar-refractivity contribution in [1.29, 1.82) is 0 Å². The zero-order chi connectivity index (χ0) is 13.8. The zero-order valence-corrected chi connectivity index (χ0v) is 9.48. The smallest absolute Gasteiger partial charge is 0.311 e. The van der Waals surface area contributed by atoms with E-state index >= 15 is 0 Å². The first-order valence-electron chi connectivity index (χ1n) is 4.95. The van der Waals surface area contributed by atoms with Crippen LogP contribution in [-0.4, -0.2) is 41.1 Å². The number of rotatable bonds is 6. The molecule has 100 valence electrons. The van der Waals surface area contributed by atoms with E-state index in [0.717, 1.165) is 6.07 Å². The lowest BCUT2D eigenvalue weighted by molar-refractivity contribution is -0.384. The first-order valence-corrected chi connectivity index (χ1v) is 4.95. The maximum absolute atomic E-state index is 12.8. The van der Waals surface area contributed by atoms with Gasteiger partial charge in [0.1, 0.15) is 12.4 Å². The molecule has 0 aliphatic carbocycles. The van der Waals surface area contributed by atoms with Crippen LogP contribution in [0.1, 0.15) is 0 Å². The van der Waals surface area contributed by atoms with Gasteiger partial charge in [-0.1, -0.05) is 0 Å². The van der Waals surface area contributed by atoms with Gasteiger partial charge < -0.3 is 15.7 Å². The monoisotopic (exact) mass is 262 g/mol. The number of nitrogens with zero attached hydrogens (tertiary/aromatic N) is 2. The topological polar surface area (TPSA) is 100 Å². The normalized spacial score (nSPS) is 11.1. The largest absolute Gasteiger partial charge is 0.390 e. The van der Waals surface area contributed by atoms with E-state index in [-0.39, 0.29) is 5.82 Å². The Morgan fingerprint density at radius 3 is 2.72 bits per heavy atom. The summed E-state index contributed by atoms with van der Waals surface area (Å²) in [7, 11) is 1.54. The maximum atomic E-state index is 12.8. The van der Waals surface area contributed by atoms with Gasteiger partial charge in [0, 0.05) is 13.1 Å². The Kier molecular flexibility index (Phi) is 4.32. The maximum Gasteiger partial charge on any atom is 0.311 e. The Balaban J connectivity index is 2.94. The minimum Gasteiger partial charge on any atom is -0.390 e. The highest BCUT2D eigenvalue weighted by Crippen LogP contribution is 2.25. The molecule has 9 heteroatoms. The van der Waals surface area contributed by atoms with Crippen LogP contribution in [0.15, 0.2) is 12.1 Å². The van der Waals surface area contributed by atoms with E-state index in [1.165, 1.54) is 6.07 Å². The van der Waals surface area contributed by atoms with Crippen molar-refractivity contribution in [3.63, 3.8) is 0 Å². The fraction of sp³-hybridized carbons (Fsp3) is 0.444. The number of hydrogen-bond acceptors (Lipinski definition) is 6. The highest BCUT2D eigenvalue weighted by Gasteiger charge is 2.29. The molecule has 18 heavy (non-hydrogen) atoms. The van der Waals surface area contributed by atoms with Crippen molar-refractivity contribution in [1.82, 2.24) is 4.98 Å². The molecule has 1 heterocycles. The quantitative estimate of drug-likeness (QED) is 0.523. The van der Waals surface area contributed by atoms with Gasteiger partial charge in [0.25, 0.3) is 5.92 Å². The molecule has 0 aromatic carbocycles. The SMILES string of the molecule is CNc1ccc([N+](=O)[O-])c(NCC(F)(F)CO)n1. The number of alkyl halides is 2. The summed E-state index contributed by atoms with van der Waals surface area (Å²) in [6.45, 7) is -2.29. The summed E-state index contributed by atoms with van der Waals surface area (Å²) in [6.07, 6.45) is 0. The molecule has 1 rings (SSSR count). The van der Waals surface area contributed by atoms with Crippen molar-refractivity contribution >= 4 is 17.3 Å². The minimum atomic E-state index is -3.37. The number of aliphatic hydroxyl groups is 1. The standard InChI is InChI=1S/C9H12F2N4O3/c1-12-7-3-2-6(15(17)18)8(14-7)13-4-9(10,11)5-16/h2-3,16H,4-5H2,1H3,(H2,12,13,14). The van der Waals surface area contributed by atoms with Crippen LogP contribution in [0.2, 0.25) is 0 Å². The summed E-state index contributed by atoms with van der Waals surface area (Å²) in [5, 5.41) is 23.9. The number of aromatic nitrogens is 1. The molecule has 7 nitrogen and oxygen atoms in total. The summed E-state index contributed by atoms with van der Waals surface area (Å²) in [6, 6.07) is 2.51. The van der Waals surface area contributed by atoms with Crippen molar-refractivity contribution < 1.29 is 18.8 Å². The van der Waals surface area contributed by atoms with Crippen LogP contribution in [0.4, 0.5) is 26.1 Å². The second kappa shape index (κ2) is 5.54. The molecule has 1 aromatic rings. The predicted molar refractivity (Wildman–Crippen MR) is 61.0 cm³/mol. The molecule has 0 radical (unpaired) electrons. The molecule has 0 saturated heterocycles. The lowest BCUT2D eigenvalue weighted by atomic mass is 10.3. The molecule has 0 aliphatic heterocycles. The van der Waals surface area contributed by atoms with Crippen LogP contribution in [0.3, 0.4) is 0 Å². The lowest BCUT2D eigenvalue weighted by Gasteiger charge is -2.14. The summed E-state index contributed by atoms with van der Waals surface area (Å²) >= 11 is 0. The van der Waals surface area contributed by atoms with Gasteiger partial charge in [0.15, 0.2) is 0 Å². The summed E-state index contributed by atoms with van der Waals surface area (Å²) in [4.78, 5) is 13.7. The molecule has 0 atom stereocenters. The van der Waals surface area contributed by atoms with Crippen LogP contribution < -0.4 is 10.6 Å². The Morgan fingerprint density at radius 1 is 1.56 bits per heavy atom. The van der Waals surface area contributed by atoms with Crippen molar-refractivity contribution in [3.05, 3.63) is 22.2 Å². The number of aliphatic hydroxyl groups excluding tert-OH is 1. The Labute approximate surface area is 101 Å². The Bertz CT molecular complexity index is 442. The highest BCUT2D eigenvalue weighted by atomic mass is 19.3. The van der Waals surface area contributed by atoms with Crippen LogP contribution in [0.5, 0.6) is 0 Å². The molecule has 3 N–H and O–H groups in total. The highest BCUT2D eigenvalue weighted by molar-refractivity contribution is 5.60. The Morgan fingerprint density at radius 2 is 2.22 bits per heavy atom. The first-order chi connectivity index (χ1) is 8.39. The van der Waals surface area contributed by atoms with E-state index in [1.54, 1.807) is 7.05 Å². The van der Waals surface area contributed by atoms with Gasteiger partial charge in [-0.25, -0.2) is 13.8 Å². The van der Waals surface area contributed by atoms with Crippen LogP contribution >= 0.6 is 0 Å². The van der Waals surface area contributed by atoms with E-state index in [2.05, 4.69) is 15.6 Å². The molecule has 0 amide bonds. The molecule has 0 spiro atoms. The van der Waals surface area contributed by atoms with E-state index in [9.17, 15) is 18.9 Å². The van der Waals surface area contributed by atoms with E-state index in [0.29, 0.717) is 5.82 Å². The lowest BCUT2D eigenvalue weighted by Crippen LogP contribution is -2.31. The summed E-state index contributed by atoms with van der Waals surface area (Å²) in [5.41, 5.74) is -0.414. The average molecular weight is 262 g/mol. The number of halogens is 2. The fourth-order valence-corrected chi connectivity index (χ4v) is 1.14. The summed E-state index contributed by atoms with van der Waals surface area (Å²) < 4.78 is 25.7. The second-order valence-electron chi connectivity index (χ2n) is 3.44. The van der Waals surface area contributed by atoms with Crippen LogP contribution in [-0.2, 0) is 0 Å². The molecule has 0 aliphatic rings. The van der Waals surface area contributed by atoms with Crippen molar-refractivity contribution in [2.24, 2.45) is 0 Å². The minimum absolute atomic E-state index is 0.278. The zero-order valence-electron chi connectivity index (χ0n) is 9.48. The predicted octanol–water partition coefficient (Wildman–Crippen LogP) is 1.07. The van der Waals surface area contributed by atoms with Crippen molar-refractivity contribution in [2.45, 2.75) is 5.92 Å². The molecule has 1 aromatic heterocycles. The molecule has 0 unspecified atom stereocenters. The van der Waals surface area contributed by atoms with Gasteiger partial charge in [-0.05, 0) is 6.07 Å². The van der Waals surface area contributed by atoms with Gasteiger partial charge in [0.2, 0.25) is 5.82 Å². The van der Waals surface area contributed by atoms with Crippen LogP contribution in [0, 0.1) is 10.1 Å². The average Bonchev–Trinajstić information content (AvgIpc) is 2.36. The third-order valence-corrected chi connectivity index (χ3v) is 2.07. The number of anilines is 2. The molecule has 0 bridgehead atoms. The third-order valence-electron chi connectivity index (χ3n) is 2.07. The Hall–Kier alpha value is -2.03. The van der Waals surface area contributed by atoms with Crippen molar-refractivity contribution in [2.75, 3.05) is 30.8 Å². The number of nitro groups is 1. The van der Waals surface area contributed by atoms with E-state index in [4.69, 9.17) is 5.11 Å².